The molecule has 0 saturated carbocycles. The van der Waals surface area contributed by atoms with E-state index in [-0.39, 0.29) is 0 Å². The molecule has 1 heterocycles. The lowest BCUT2D eigenvalue weighted by Gasteiger charge is -2.34. The summed E-state index contributed by atoms with van der Waals surface area (Å²) < 4.78 is 39.0. The molecule has 0 aromatic carbocycles. The minimum absolute atomic E-state index is 0.354. The molecule has 1 saturated heterocycles. The Balaban J connectivity index is 2.73. The van der Waals surface area contributed by atoms with Gasteiger partial charge in [0.25, 0.3) is 0 Å². The van der Waals surface area contributed by atoms with Crippen LogP contribution in [0.15, 0.2) is 0 Å². The molecule has 0 spiro atoms. The zero-order chi connectivity index (χ0) is 13.2. The van der Waals surface area contributed by atoms with E-state index in [0.717, 1.165) is 6.42 Å². The van der Waals surface area contributed by atoms with Crippen LogP contribution in [0.5, 0.6) is 0 Å². The summed E-state index contributed by atoms with van der Waals surface area (Å²) in [6.07, 6.45) is -3.02. The van der Waals surface area contributed by atoms with Gasteiger partial charge in [-0.25, -0.2) is 0 Å². The predicted octanol–water partition coefficient (Wildman–Crippen LogP) is 2.63. The Morgan fingerprint density at radius 1 is 1.35 bits per heavy atom. The number of halogens is 3. The van der Waals surface area contributed by atoms with Gasteiger partial charge >= 0.3 is 6.18 Å². The van der Waals surface area contributed by atoms with Gasteiger partial charge < -0.3 is 5.73 Å². The smallest absolute Gasteiger partial charge is 0.326 e. The van der Waals surface area contributed by atoms with Gasteiger partial charge in [-0.1, -0.05) is 20.8 Å². The van der Waals surface area contributed by atoms with Crippen molar-refractivity contribution in [2.24, 2.45) is 17.6 Å². The van der Waals surface area contributed by atoms with Crippen molar-refractivity contribution >= 4 is 0 Å². The third kappa shape index (κ3) is 3.58. The fourth-order valence-corrected chi connectivity index (χ4v) is 2.56. The van der Waals surface area contributed by atoms with Gasteiger partial charge in [0, 0.05) is 12.6 Å². The van der Waals surface area contributed by atoms with E-state index in [0.29, 0.717) is 31.3 Å². The zero-order valence-corrected chi connectivity index (χ0v) is 10.8. The first-order valence-electron chi connectivity index (χ1n) is 6.33. The van der Waals surface area contributed by atoms with Gasteiger partial charge in [-0.05, 0) is 31.2 Å². The SMILES string of the molecule is CCC(N)C(N1CCC(C(C)C)C1)C(F)(F)F. The minimum Gasteiger partial charge on any atom is -0.326 e. The van der Waals surface area contributed by atoms with Crippen LogP contribution >= 0.6 is 0 Å². The quantitative estimate of drug-likeness (QED) is 0.833. The van der Waals surface area contributed by atoms with Crippen LogP contribution in [0.3, 0.4) is 0 Å². The maximum atomic E-state index is 13.0. The van der Waals surface area contributed by atoms with E-state index in [1.165, 1.54) is 4.90 Å². The second-order valence-corrected chi connectivity index (χ2v) is 5.35. The van der Waals surface area contributed by atoms with Crippen LogP contribution in [-0.2, 0) is 0 Å². The molecule has 1 rings (SSSR count). The highest BCUT2D eigenvalue weighted by Gasteiger charge is 2.48. The average Bonchev–Trinajstić information content (AvgIpc) is 2.64. The molecule has 0 aromatic rings. The zero-order valence-electron chi connectivity index (χ0n) is 10.8. The van der Waals surface area contributed by atoms with Gasteiger partial charge in [-0.15, -0.1) is 0 Å². The van der Waals surface area contributed by atoms with E-state index in [9.17, 15) is 13.2 Å². The Hall–Kier alpha value is -0.290. The summed E-state index contributed by atoms with van der Waals surface area (Å²) in [5.41, 5.74) is 5.64. The standard InChI is InChI=1S/C12H23F3N2/c1-4-10(16)11(12(13,14)15)17-6-5-9(7-17)8(2)3/h8-11H,4-7,16H2,1-3H3. The van der Waals surface area contributed by atoms with Crippen LogP contribution in [0, 0.1) is 11.8 Å². The summed E-state index contributed by atoms with van der Waals surface area (Å²) in [6.45, 7) is 6.88. The highest BCUT2D eigenvalue weighted by Crippen LogP contribution is 2.33. The summed E-state index contributed by atoms with van der Waals surface area (Å²) >= 11 is 0. The number of hydrogen-bond donors (Lipinski definition) is 1. The van der Waals surface area contributed by atoms with Crippen LogP contribution in [0.1, 0.15) is 33.6 Å². The Kier molecular flexibility index (Phi) is 4.84. The molecule has 3 unspecified atom stereocenters. The van der Waals surface area contributed by atoms with Crippen LogP contribution in [-0.4, -0.2) is 36.2 Å². The fourth-order valence-electron chi connectivity index (χ4n) is 2.56. The molecule has 3 atom stereocenters. The summed E-state index contributed by atoms with van der Waals surface area (Å²) in [5, 5.41) is 0. The second kappa shape index (κ2) is 5.57. The van der Waals surface area contributed by atoms with Gasteiger partial charge in [-0.3, -0.25) is 4.90 Å². The van der Waals surface area contributed by atoms with Crippen molar-refractivity contribution in [3.8, 4) is 0 Å². The van der Waals surface area contributed by atoms with E-state index < -0.39 is 18.3 Å². The number of nitrogens with zero attached hydrogens (tertiary/aromatic N) is 1. The molecule has 2 nitrogen and oxygen atoms in total. The van der Waals surface area contributed by atoms with Crippen molar-refractivity contribution < 1.29 is 13.2 Å². The summed E-state index contributed by atoms with van der Waals surface area (Å²) in [7, 11) is 0. The molecule has 1 fully saturated rings. The molecule has 0 aliphatic carbocycles. The monoisotopic (exact) mass is 252 g/mol. The molecule has 102 valence electrons. The average molecular weight is 252 g/mol. The molecular weight excluding hydrogens is 229 g/mol. The van der Waals surface area contributed by atoms with Crippen molar-refractivity contribution in [1.82, 2.24) is 4.90 Å². The van der Waals surface area contributed by atoms with Crippen LogP contribution in [0.4, 0.5) is 13.2 Å². The van der Waals surface area contributed by atoms with E-state index in [1.807, 2.05) is 0 Å². The molecule has 5 heteroatoms. The molecular formula is C12H23F3N2. The highest BCUT2D eigenvalue weighted by atomic mass is 19.4. The molecule has 2 N–H and O–H groups in total. The third-order valence-electron chi connectivity index (χ3n) is 3.80. The molecule has 0 amide bonds. The molecule has 1 aliphatic rings. The van der Waals surface area contributed by atoms with Crippen LogP contribution in [0.2, 0.25) is 0 Å². The Morgan fingerprint density at radius 3 is 2.29 bits per heavy atom. The second-order valence-electron chi connectivity index (χ2n) is 5.35. The summed E-state index contributed by atoms with van der Waals surface area (Å²) in [5.74, 6) is 0.802. The lowest BCUT2D eigenvalue weighted by molar-refractivity contribution is -0.187. The first-order valence-corrected chi connectivity index (χ1v) is 6.33. The number of likely N-dealkylation sites (tertiary alicyclic amines) is 1. The van der Waals surface area contributed by atoms with E-state index in [2.05, 4.69) is 13.8 Å². The summed E-state index contributed by atoms with van der Waals surface area (Å²) in [4.78, 5) is 1.53. The van der Waals surface area contributed by atoms with Gasteiger partial charge in [0.1, 0.15) is 6.04 Å². The van der Waals surface area contributed by atoms with Gasteiger partial charge in [0.15, 0.2) is 0 Å². The predicted molar refractivity (Wildman–Crippen MR) is 62.6 cm³/mol. The van der Waals surface area contributed by atoms with E-state index in [4.69, 9.17) is 5.73 Å². The van der Waals surface area contributed by atoms with Gasteiger partial charge in [0.2, 0.25) is 0 Å². The van der Waals surface area contributed by atoms with Crippen LogP contribution in [0.25, 0.3) is 0 Å². The molecule has 0 bridgehead atoms. The van der Waals surface area contributed by atoms with Crippen molar-refractivity contribution in [3.63, 3.8) is 0 Å². The van der Waals surface area contributed by atoms with E-state index >= 15 is 0 Å². The number of alkyl halides is 3. The molecule has 0 aromatic heterocycles. The van der Waals surface area contributed by atoms with E-state index in [1.54, 1.807) is 6.92 Å². The van der Waals surface area contributed by atoms with Gasteiger partial charge in [-0.2, -0.15) is 13.2 Å². The summed E-state index contributed by atoms with van der Waals surface area (Å²) in [6, 6.07) is -2.29. The topological polar surface area (TPSA) is 29.3 Å². The molecule has 1 aliphatic heterocycles. The van der Waals surface area contributed by atoms with Gasteiger partial charge in [0.05, 0.1) is 0 Å². The van der Waals surface area contributed by atoms with Crippen LogP contribution < -0.4 is 5.73 Å². The number of rotatable bonds is 4. The third-order valence-corrected chi connectivity index (χ3v) is 3.80. The largest absolute Gasteiger partial charge is 0.405 e. The first kappa shape index (κ1) is 14.8. The maximum absolute atomic E-state index is 13.0. The number of nitrogens with two attached hydrogens (primary N) is 1. The fraction of sp³-hybridized carbons (Fsp3) is 1.00. The number of hydrogen-bond acceptors (Lipinski definition) is 2. The lowest BCUT2D eigenvalue weighted by atomic mass is 9.95. The first-order chi connectivity index (χ1) is 7.77. The Morgan fingerprint density at radius 2 is 1.94 bits per heavy atom. The van der Waals surface area contributed by atoms with Crippen molar-refractivity contribution in [2.45, 2.75) is 51.9 Å². The van der Waals surface area contributed by atoms with Crippen molar-refractivity contribution in [2.75, 3.05) is 13.1 Å². The minimum atomic E-state index is -4.22. The normalized spacial score (nSPS) is 26.5. The Bertz CT molecular complexity index is 240. The van der Waals surface area contributed by atoms with Crippen molar-refractivity contribution in [3.05, 3.63) is 0 Å². The van der Waals surface area contributed by atoms with Crippen molar-refractivity contribution in [1.29, 1.82) is 0 Å². The molecule has 17 heavy (non-hydrogen) atoms. The molecule has 0 radical (unpaired) electrons. The highest BCUT2D eigenvalue weighted by molar-refractivity contribution is 4.92. The Labute approximate surface area is 101 Å². The maximum Gasteiger partial charge on any atom is 0.405 e. The lowest BCUT2D eigenvalue weighted by Crippen LogP contribution is -2.55.